The summed E-state index contributed by atoms with van der Waals surface area (Å²) in [5.41, 5.74) is 6.14. The van der Waals surface area contributed by atoms with E-state index in [1.807, 2.05) is 0 Å². The molecule has 90 valence electrons. The fourth-order valence-electron chi connectivity index (χ4n) is 2.52. The molecule has 1 fully saturated rings. The minimum atomic E-state index is 0.242. The summed E-state index contributed by atoms with van der Waals surface area (Å²) < 4.78 is 5.74. The lowest BCUT2D eigenvalue weighted by Gasteiger charge is -2.45. The first-order valence-electron chi connectivity index (χ1n) is 5.94. The van der Waals surface area contributed by atoms with Crippen LogP contribution in [0.15, 0.2) is 0 Å². The van der Waals surface area contributed by atoms with E-state index >= 15 is 0 Å². The fraction of sp³-hybridized carbons (Fsp3) is 1.00. The highest BCUT2D eigenvalue weighted by molar-refractivity contribution is 4.87. The summed E-state index contributed by atoms with van der Waals surface area (Å²) in [5.74, 6) is 0. The Kier molecular flexibility index (Phi) is 4.15. The summed E-state index contributed by atoms with van der Waals surface area (Å²) in [4.78, 5) is 2.48. The van der Waals surface area contributed by atoms with Crippen LogP contribution in [0.5, 0.6) is 0 Å². The summed E-state index contributed by atoms with van der Waals surface area (Å²) >= 11 is 0. The quantitative estimate of drug-likeness (QED) is 0.756. The van der Waals surface area contributed by atoms with Gasteiger partial charge in [-0.1, -0.05) is 20.8 Å². The molecule has 3 nitrogen and oxygen atoms in total. The lowest BCUT2D eigenvalue weighted by Crippen LogP contribution is -2.56. The molecule has 0 bridgehead atoms. The number of ether oxygens (including phenoxy) is 1. The first kappa shape index (κ1) is 12.9. The average Bonchev–Trinajstić information content (AvgIpc) is 1.99. The third-order valence-corrected chi connectivity index (χ3v) is 3.11. The molecule has 3 heteroatoms. The van der Waals surface area contributed by atoms with Crippen molar-refractivity contribution in [3.8, 4) is 0 Å². The normalized spacial score (nSPS) is 31.6. The number of rotatable bonds is 2. The molecular weight excluding hydrogens is 188 g/mol. The summed E-state index contributed by atoms with van der Waals surface area (Å²) in [6.45, 7) is 13.8. The van der Waals surface area contributed by atoms with E-state index in [0.717, 1.165) is 19.6 Å². The summed E-state index contributed by atoms with van der Waals surface area (Å²) in [6, 6.07) is 0.450. The van der Waals surface area contributed by atoms with E-state index in [9.17, 15) is 0 Å². The van der Waals surface area contributed by atoms with Gasteiger partial charge in [0.25, 0.3) is 0 Å². The maximum atomic E-state index is 5.90. The highest BCUT2D eigenvalue weighted by atomic mass is 16.5. The van der Waals surface area contributed by atoms with Gasteiger partial charge >= 0.3 is 0 Å². The minimum Gasteiger partial charge on any atom is -0.373 e. The Morgan fingerprint density at radius 1 is 1.27 bits per heavy atom. The van der Waals surface area contributed by atoms with Crippen LogP contribution in [0, 0.1) is 5.41 Å². The Morgan fingerprint density at radius 2 is 1.73 bits per heavy atom. The molecule has 0 amide bonds. The van der Waals surface area contributed by atoms with Crippen LogP contribution in [0.4, 0.5) is 0 Å². The maximum Gasteiger partial charge on any atom is 0.0678 e. The first-order chi connectivity index (χ1) is 6.84. The molecule has 2 N–H and O–H groups in total. The first-order valence-corrected chi connectivity index (χ1v) is 5.94. The van der Waals surface area contributed by atoms with Crippen LogP contribution in [0.2, 0.25) is 0 Å². The van der Waals surface area contributed by atoms with Crippen molar-refractivity contribution in [1.82, 2.24) is 4.90 Å². The predicted molar refractivity (Wildman–Crippen MR) is 63.9 cm³/mol. The van der Waals surface area contributed by atoms with Crippen LogP contribution in [0.3, 0.4) is 0 Å². The minimum absolute atomic E-state index is 0.242. The van der Waals surface area contributed by atoms with Gasteiger partial charge in [-0.25, -0.2) is 0 Å². The van der Waals surface area contributed by atoms with Crippen molar-refractivity contribution < 1.29 is 4.74 Å². The lowest BCUT2D eigenvalue weighted by molar-refractivity contribution is -0.0915. The molecule has 3 unspecified atom stereocenters. The molecule has 1 rings (SSSR count). The molecule has 1 heterocycles. The Labute approximate surface area is 94.0 Å². The van der Waals surface area contributed by atoms with Gasteiger partial charge in [0.2, 0.25) is 0 Å². The molecular formula is C12H26N2O. The second kappa shape index (κ2) is 4.81. The third-order valence-electron chi connectivity index (χ3n) is 3.11. The van der Waals surface area contributed by atoms with Crippen LogP contribution >= 0.6 is 0 Å². The second-order valence-electron chi connectivity index (χ2n) is 5.83. The van der Waals surface area contributed by atoms with Crippen LogP contribution in [0.1, 0.15) is 34.6 Å². The summed E-state index contributed by atoms with van der Waals surface area (Å²) in [7, 11) is 0. The van der Waals surface area contributed by atoms with E-state index in [4.69, 9.17) is 10.5 Å². The van der Waals surface area contributed by atoms with E-state index in [-0.39, 0.29) is 5.41 Å². The van der Waals surface area contributed by atoms with E-state index in [2.05, 4.69) is 39.5 Å². The van der Waals surface area contributed by atoms with Crippen molar-refractivity contribution in [2.24, 2.45) is 11.1 Å². The zero-order valence-corrected chi connectivity index (χ0v) is 10.8. The summed E-state index contributed by atoms with van der Waals surface area (Å²) in [6.07, 6.45) is 0.648. The molecule has 0 aliphatic carbocycles. The van der Waals surface area contributed by atoms with Crippen molar-refractivity contribution in [3.05, 3.63) is 0 Å². The van der Waals surface area contributed by atoms with Crippen LogP contribution in [-0.2, 0) is 4.74 Å². The van der Waals surface area contributed by atoms with E-state index in [0.29, 0.717) is 18.2 Å². The monoisotopic (exact) mass is 214 g/mol. The molecule has 0 spiro atoms. The number of morpholine rings is 1. The summed E-state index contributed by atoms with van der Waals surface area (Å²) in [5, 5.41) is 0. The van der Waals surface area contributed by atoms with E-state index in [1.54, 1.807) is 0 Å². The second-order valence-corrected chi connectivity index (χ2v) is 5.83. The number of nitrogens with zero attached hydrogens (tertiary/aromatic N) is 1. The highest BCUT2D eigenvalue weighted by Crippen LogP contribution is 2.26. The maximum absolute atomic E-state index is 5.90. The zero-order valence-electron chi connectivity index (χ0n) is 10.8. The third kappa shape index (κ3) is 3.44. The molecule has 0 aromatic heterocycles. The average molecular weight is 214 g/mol. The van der Waals surface area contributed by atoms with Crippen LogP contribution < -0.4 is 5.73 Å². The predicted octanol–water partition coefficient (Wildman–Crippen LogP) is 1.47. The molecule has 0 saturated carbocycles. The van der Waals surface area contributed by atoms with Crippen LogP contribution in [0.25, 0.3) is 0 Å². The van der Waals surface area contributed by atoms with Gasteiger partial charge in [0.15, 0.2) is 0 Å². The molecule has 15 heavy (non-hydrogen) atoms. The molecule has 0 aromatic rings. The van der Waals surface area contributed by atoms with Gasteiger partial charge in [0.1, 0.15) is 0 Å². The molecule has 1 aliphatic heterocycles. The van der Waals surface area contributed by atoms with Crippen molar-refractivity contribution >= 4 is 0 Å². The largest absolute Gasteiger partial charge is 0.373 e. The van der Waals surface area contributed by atoms with Gasteiger partial charge in [-0.15, -0.1) is 0 Å². The van der Waals surface area contributed by atoms with Gasteiger partial charge in [-0.05, 0) is 19.3 Å². The van der Waals surface area contributed by atoms with Gasteiger partial charge < -0.3 is 10.5 Å². The van der Waals surface area contributed by atoms with Gasteiger partial charge in [-0.2, -0.15) is 0 Å². The fourth-order valence-corrected chi connectivity index (χ4v) is 2.52. The lowest BCUT2D eigenvalue weighted by atomic mass is 9.85. The van der Waals surface area contributed by atoms with E-state index in [1.165, 1.54) is 0 Å². The van der Waals surface area contributed by atoms with Crippen molar-refractivity contribution in [2.75, 3.05) is 19.6 Å². The zero-order chi connectivity index (χ0) is 11.6. The topological polar surface area (TPSA) is 38.5 Å². The highest BCUT2D eigenvalue weighted by Gasteiger charge is 2.33. The molecule has 1 saturated heterocycles. The van der Waals surface area contributed by atoms with Gasteiger partial charge in [0, 0.05) is 25.7 Å². The molecule has 1 aliphatic rings. The smallest absolute Gasteiger partial charge is 0.0678 e. The molecule has 0 aromatic carbocycles. The van der Waals surface area contributed by atoms with Gasteiger partial charge in [-0.3, -0.25) is 4.90 Å². The Bertz CT molecular complexity index is 190. The molecule has 0 radical (unpaired) electrons. The standard InChI is InChI=1S/C12H26N2O/c1-9-7-14(8-10(2)15-9)11(6-13)12(3,4)5/h9-11H,6-8,13H2,1-5H3. The van der Waals surface area contributed by atoms with E-state index < -0.39 is 0 Å². The van der Waals surface area contributed by atoms with Crippen molar-refractivity contribution in [3.63, 3.8) is 0 Å². The van der Waals surface area contributed by atoms with Crippen molar-refractivity contribution in [2.45, 2.75) is 52.9 Å². The van der Waals surface area contributed by atoms with Crippen LogP contribution in [-0.4, -0.2) is 42.8 Å². The SMILES string of the molecule is CC1CN(C(CN)C(C)(C)C)CC(C)O1. The Hall–Kier alpha value is -0.120. The molecule has 3 atom stereocenters. The number of hydrogen-bond donors (Lipinski definition) is 1. The Morgan fingerprint density at radius 3 is 2.07 bits per heavy atom. The van der Waals surface area contributed by atoms with Crippen molar-refractivity contribution in [1.29, 1.82) is 0 Å². The number of hydrogen-bond acceptors (Lipinski definition) is 3. The number of nitrogens with two attached hydrogens (primary N) is 1. The Balaban J connectivity index is 2.68. The van der Waals surface area contributed by atoms with Gasteiger partial charge in [0.05, 0.1) is 12.2 Å².